The second kappa shape index (κ2) is 8.12. The molecule has 1 unspecified atom stereocenters. The number of rotatable bonds is 4. The summed E-state index contributed by atoms with van der Waals surface area (Å²) in [7, 11) is 0. The predicted octanol–water partition coefficient (Wildman–Crippen LogP) is 7.41. The Morgan fingerprint density at radius 3 is 2.70 bits per heavy atom. The van der Waals surface area contributed by atoms with E-state index in [0.717, 1.165) is 57.0 Å². The zero-order valence-electron chi connectivity index (χ0n) is 16.7. The number of aromatic nitrogens is 2. The molecule has 0 spiro atoms. The molecule has 1 saturated carbocycles. The number of halogens is 2. The quantitative estimate of drug-likeness (QED) is 0.359. The minimum atomic E-state index is -0.194. The maximum Gasteiger partial charge on any atom is 0.184 e. The molecule has 5 rings (SSSR count). The maximum absolute atomic E-state index is 13.8. The second-order valence-corrected chi connectivity index (χ2v) is 9.70. The van der Waals surface area contributed by atoms with Crippen molar-refractivity contribution in [2.45, 2.75) is 44.6 Å². The van der Waals surface area contributed by atoms with E-state index >= 15 is 0 Å². The lowest BCUT2D eigenvalue weighted by atomic mass is 9.75. The van der Waals surface area contributed by atoms with Crippen molar-refractivity contribution < 1.29 is 4.39 Å². The van der Waals surface area contributed by atoms with Crippen LogP contribution in [0.1, 0.15) is 44.1 Å². The molecule has 2 aromatic heterocycles. The van der Waals surface area contributed by atoms with Crippen molar-refractivity contribution in [3.8, 4) is 0 Å². The summed E-state index contributed by atoms with van der Waals surface area (Å²) in [6.07, 6.45) is 6.37. The first-order valence-corrected chi connectivity index (χ1v) is 11.6. The fourth-order valence-electron chi connectivity index (χ4n) is 4.70. The number of hydrogen-bond acceptors (Lipinski definition) is 4. The van der Waals surface area contributed by atoms with Crippen molar-refractivity contribution in [2.24, 2.45) is 5.92 Å². The van der Waals surface area contributed by atoms with E-state index in [4.69, 9.17) is 16.6 Å². The maximum atomic E-state index is 13.8. The zero-order valence-corrected chi connectivity index (χ0v) is 18.3. The van der Waals surface area contributed by atoms with Crippen LogP contribution in [0.3, 0.4) is 0 Å². The van der Waals surface area contributed by atoms with Crippen molar-refractivity contribution in [3.63, 3.8) is 0 Å². The van der Waals surface area contributed by atoms with Gasteiger partial charge in [0.2, 0.25) is 0 Å². The highest BCUT2D eigenvalue weighted by atomic mass is 35.5. The molecular formula is C24H23ClFN3S. The van der Waals surface area contributed by atoms with E-state index in [1.807, 2.05) is 24.4 Å². The Bertz CT molecular complexity index is 1200. The van der Waals surface area contributed by atoms with E-state index in [2.05, 4.69) is 23.3 Å². The van der Waals surface area contributed by atoms with Crippen LogP contribution in [-0.4, -0.2) is 16.0 Å². The second-order valence-electron chi connectivity index (χ2n) is 8.24. The molecule has 154 valence electrons. The summed E-state index contributed by atoms with van der Waals surface area (Å²) in [4.78, 5) is 9.10. The van der Waals surface area contributed by atoms with Crippen molar-refractivity contribution in [2.75, 3.05) is 5.32 Å². The molecule has 0 amide bonds. The lowest BCUT2D eigenvalue weighted by Crippen LogP contribution is -2.29. The first kappa shape index (κ1) is 19.7. The summed E-state index contributed by atoms with van der Waals surface area (Å²) in [5.74, 6) is 0.868. The SMILES string of the molecule is CC(Nc1nc2ccc(Cl)cc2s1)C1CCC(c2ccnc3ccc(F)cc23)CC1. The molecule has 0 aliphatic heterocycles. The molecule has 2 heterocycles. The summed E-state index contributed by atoms with van der Waals surface area (Å²) in [6.45, 7) is 2.25. The molecule has 1 fully saturated rings. The van der Waals surface area contributed by atoms with Crippen LogP contribution >= 0.6 is 22.9 Å². The van der Waals surface area contributed by atoms with Gasteiger partial charge in [-0.3, -0.25) is 4.98 Å². The summed E-state index contributed by atoms with van der Waals surface area (Å²) in [5.41, 5.74) is 3.10. The van der Waals surface area contributed by atoms with Crippen LogP contribution in [0.4, 0.5) is 9.52 Å². The van der Waals surface area contributed by atoms with Gasteiger partial charge in [-0.15, -0.1) is 0 Å². The minimum absolute atomic E-state index is 0.194. The Morgan fingerprint density at radius 2 is 1.87 bits per heavy atom. The Balaban J connectivity index is 1.27. The minimum Gasteiger partial charge on any atom is -0.359 e. The van der Waals surface area contributed by atoms with Crippen LogP contribution in [0.25, 0.3) is 21.1 Å². The predicted molar refractivity (Wildman–Crippen MR) is 124 cm³/mol. The van der Waals surface area contributed by atoms with Crippen molar-refractivity contribution in [1.29, 1.82) is 0 Å². The van der Waals surface area contributed by atoms with E-state index in [9.17, 15) is 4.39 Å². The van der Waals surface area contributed by atoms with Crippen LogP contribution in [0.5, 0.6) is 0 Å². The topological polar surface area (TPSA) is 37.8 Å². The normalized spacial score (nSPS) is 20.5. The van der Waals surface area contributed by atoms with E-state index < -0.39 is 0 Å². The molecule has 3 nitrogen and oxygen atoms in total. The largest absolute Gasteiger partial charge is 0.359 e. The summed E-state index contributed by atoms with van der Waals surface area (Å²) in [6, 6.07) is 13.1. The lowest BCUT2D eigenvalue weighted by molar-refractivity contribution is 0.302. The van der Waals surface area contributed by atoms with E-state index in [1.165, 1.54) is 11.6 Å². The number of anilines is 1. The Morgan fingerprint density at radius 1 is 1.07 bits per heavy atom. The number of pyridine rings is 1. The van der Waals surface area contributed by atoms with Gasteiger partial charge in [0.05, 0.1) is 15.7 Å². The molecule has 1 aliphatic carbocycles. The molecule has 0 saturated heterocycles. The standard InChI is InChI=1S/C24H23ClFN3S/c1-14(28-24-29-22-8-6-17(25)12-23(22)30-24)15-2-4-16(5-3-15)19-10-11-27-21-9-7-18(26)13-20(19)21/h6-16H,2-5H2,1H3,(H,28,29). The van der Waals surface area contributed by atoms with Gasteiger partial charge >= 0.3 is 0 Å². The number of fused-ring (bicyclic) bond motifs is 2. The van der Waals surface area contributed by atoms with Gasteiger partial charge < -0.3 is 5.32 Å². The van der Waals surface area contributed by atoms with Gasteiger partial charge in [0.15, 0.2) is 5.13 Å². The molecule has 6 heteroatoms. The van der Waals surface area contributed by atoms with E-state index in [0.29, 0.717) is 17.9 Å². The Labute approximate surface area is 184 Å². The van der Waals surface area contributed by atoms with Crippen LogP contribution in [0.2, 0.25) is 5.02 Å². The third-order valence-electron chi connectivity index (χ3n) is 6.36. The van der Waals surface area contributed by atoms with Gasteiger partial charge in [0.25, 0.3) is 0 Å². The highest BCUT2D eigenvalue weighted by molar-refractivity contribution is 7.22. The molecule has 4 aromatic rings. The third-order valence-corrected chi connectivity index (χ3v) is 7.54. The van der Waals surface area contributed by atoms with Crippen LogP contribution in [0.15, 0.2) is 48.7 Å². The Kier molecular flexibility index (Phi) is 5.34. The average Bonchev–Trinajstić information content (AvgIpc) is 3.14. The summed E-state index contributed by atoms with van der Waals surface area (Å²) >= 11 is 7.75. The van der Waals surface area contributed by atoms with Crippen LogP contribution < -0.4 is 5.32 Å². The molecule has 0 radical (unpaired) electrons. The first-order chi connectivity index (χ1) is 14.6. The van der Waals surface area contributed by atoms with Crippen LogP contribution in [-0.2, 0) is 0 Å². The van der Waals surface area contributed by atoms with E-state index in [-0.39, 0.29) is 5.82 Å². The molecule has 0 bridgehead atoms. The molecule has 2 aromatic carbocycles. The summed E-state index contributed by atoms with van der Waals surface area (Å²) in [5, 5.41) is 6.27. The lowest BCUT2D eigenvalue weighted by Gasteiger charge is -2.33. The molecule has 30 heavy (non-hydrogen) atoms. The van der Waals surface area contributed by atoms with Gasteiger partial charge in [-0.25, -0.2) is 9.37 Å². The highest BCUT2D eigenvalue weighted by Gasteiger charge is 2.27. The summed E-state index contributed by atoms with van der Waals surface area (Å²) < 4.78 is 14.9. The van der Waals surface area contributed by atoms with Gasteiger partial charge in [-0.1, -0.05) is 22.9 Å². The van der Waals surface area contributed by atoms with E-state index in [1.54, 1.807) is 23.5 Å². The smallest absolute Gasteiger partial charge is 0.184 e. The monoisotopic (exact) mass is 439 g/mol. The van der Waals surface area contributed by atoms with Crippen molar-refractivity contribution in [3.05, 3.63) is 65.1 Å². The Hall–Kier alpha value is -2.24. The van der Waals surface area contributed by atoms with Crippen molar-refractivity contribution >= 4 is 49.2 Å². The van der Waals surface area contributed by atoms with Gasteiger partial charge in [-0.2, -0.15) is 0 Å². The van der Waals surface area contributed by atoms with Gasteiger partial charge in [-0.05, 0) is 92.5 Å². The zero-order chi connectivity index (χ0) is 20.7. The average molecular weight is 440 g/mol. The number of nitrogens with one attached hydrogen (secondary N) is 1. The number of nitrogens with zero attached hydrogens (tertiary/aromatic N) is 2. The number of thiazole rings is 1. The fraction of sp³-hybridized carbons (Fsp3) is 0.333. The molecule has 1 atom stereocenters. The number of benzene rings is 2. The van der Waals surface area contributed by atoms with Gasteiger partial charge in [0, 0.05) is 22.6 Å². The van der Waals surface area contributed by atoms with Gasteiger partial charge in [0.1, 0.15) is 5.82 Å². The fourth-order valence-corrected chi connectivity index (χ4v) is 5.94. The highest BCUT2D eigenvalue weighted by Crippen LogP contribution is 2.40. The van der Waals surface area contributed by atoms with Crippen molar-refractivity contribution in [1.82, 2.24) is 9.97 Å². The molecule has 1 N–H and O–H groups in total. The first-order valence-electron chi connectivity index (χ1n) is 10.4. The third kappa shape index (κ3) is 3.88. The molecular weight excluding hydrogens is 417 g/mol. The number of hydrogen-bond donors (Lipinski definition) is 1. The van der Waals surface area contributed by atoms with Crippen LogP contribution in [0, 0.1) is 11.7 Å². The molecule has 1 aliphatic rings.